The van der Waals surface area contributed by atoms with E-state index in [1.54, 1.807) is 7.11 Å². The molecule has 0 radical (unpaired) electrons. The second-order valence-corrected chi connectivity index (χ2v) is 17.4. The number of aliphatic hydroxyl groups excluding tert-OH is 4. The van der Waals surface area contributed by atoms with Gasteiger partial charge >= 0.3 is 0 Å². The summed E-state index contributed by atoms with van der Waals surface area (Å²) in [5.41, 5.74) is -1.94. The summed E-state index contributed by atoms with van der Waals surface area (Å²) in [5.74, 6) is 1.62. The molecule has 2 heterocycles. The van der Waals surface area contributed by atoms with E-state index in [9.17, 15) is 25.5 Å². The van der Waals surface area contributed by atoms with Gasteiger partial charge in [0.05, 0.1) is 18.3 Å². The van der Waals surface area contributed by atoms with E-state index in [1.807, 2.05) is 19.9 Å². The van der Waals surface area contributed by atoms with Gasteiger partial charge in [0.2, 0.25) is 0 Å². The Morgan fingerprint density at radius 1 is 0.978 bits per heavy atom. The van der Waals surface area contributed by atoms with Crippen LogP contribution in [0.15, 0.2) is 24.3 Å². The molecule has 0 aromatic rings. The maximum atomic E-state index is 10.8. The van der Waals surface area contributed by atoms with Crippen LogP contribution in [0.5, 0.6) is 0 Å². The number of ether oxygens (including phenoxy) is 4. The zero-order valence-electron chi connectivity index (χ0n) is 29.2. The largest absolute Gasteiger partial charge is 0.394 e. The van der Waals surface area contributed by atoms with Gasteiger partial charge in [0.15, 0.2) is 12.6 Å². The molecule has 0 aromatic heterocycles. The standard InChI is InChI=1S/C37H60O9/c1-21(10-9-15-32(2,3)42)22-13-16-35(7)24-14-17-37-25(36(24,31(43-8)46-37)19-18-34(22,35)6)11-12-26(33(37,4)5)45-30-29(41)28(40)27(39)23(20-38)44-30/h9,14-15,17,21-31,38-42H,10-13,16,18-20H2,1-8H3/b15-9+/t21-,22-,23-,24+,25?,26+,27-,28-,29-,30+,31-,34-,35+,36+,37-/m1/s1. The lowest BCUT2D eigenvalue weighted by Crippen LogP contribution is -2.66. The van der Waals surface area contributed by atoms with Gasteiger partial charge in [-0.2, -0.15) is 0 Å². The molecule has 0 amide bonds. The monoisotopic (exact) mass is 648 g/mol. The normalized spacial score (nSPS) is 51.9. The minimum Gasteiger partial charge on any atom is -0.394 e. The van der Waals surface area contributed by atoms with Crippen LogP contribution in [-0.2, 0) is 18.9 Å². The molecule has 262 valence electrons. The number of methoxy groups -OCH3 is 1. The van der Waals surface area contributed by atoms with Crippen LogP contribution >= 0.6 is 0 Å². The van der Waals surface area contributed by atoms with Crippen molar-refractivity contribution in [2.24, 2.45) is 45.3 Å². The molecule has 15 atom stereocenters. The first-order valence-corrected chi connectivity index (χ1v) is 17.7. The van der Waals surface area contributed by atoms with Crippen LogP contribution in [0.2, 0.25) is 0 Å². The van der Waals surface area contributed by atoms with Gasteiger partial charge in [0, 0.05) is 23.9 Å². The molecular weight excluding hydrogens is 588 g/mol. The molecule has 9 nitrogen and oxygen atoms in total. The maximum Gasteiger partial charge on any atom is 0.186 e. The summed E-state index contributed by atoms with van der Waals surface area (Å²) in [7, 11) is 1.78. The van der Waals surface area contributed by atoms with Crippen molar-refractivity contribution in [2.75, 3.05) is 13.7 Å². The molecule has 2 saturated heterocycles. The number of hydrogen-bond donors (Lipinski definition) is 5. The lowest BCUT2D eigenvalue weighted by atomic mass is 9.38. The van der Waals surface area contributed by atoms with E-state index in [0.29, 0.717) is 17.8 Å². The molecule has 6 aliphatic rings. The Morgan fingerprint density at radius 3 is 2.35 bits per heavy atom. The third kappa shape index (κ3) is 4.73. The summed E-state index contributed by atoms with van der Waals surface area (Å²) in [6, 6.07) is 0. The Kier molecular flexibility index (Phi) is 8.81. The topological polar surface area (TPSA) is 138 Å². The molecule has 1 spiro atoms. The lowest BCUT2D eigenvalue weighted by molar-refractivity contribution is -0.331. The van der Waals surface area contributed by atoms with Crippen LogP contribution in [0.3, 0.4) is 0 Å². The van der Waals surface area contributed by atoms with Crippen molar-refractivity contribution in [1.82, 2.24) is 0 Å². The Bertz CT molecular complexity index is 1190. The zero-order valence-corrected chi connectivity index (χ0v) is 29.2. The quantitative estimate of drug-likeness (QED) is 0.247. The fraction of sp³-hybridized carbons (Fsp3) is 0.892. The van der Waals surface area contributed by atoms with Crippen molar-refractivity contribution in [2.45, 2.75) is 148 Å². The van der Waals surface area contributed by atoms with Crippen molar-refractivity contribution < 1.29 is 44.5 Å². The highest BCUT2D eigenvalue weighted by molar-refractivity contribution is 5.34. The van der Waals surface area contributed by atoms with Crippen LogP contribution < -0.4 is 0 Å². The molecule has 0 aromatic carbocycles. The van der Waals surface area contributed by atoms with Gasteiger partial charge in [-0.15, -0.1) is 0 Å². The Hall–Kier alpha value is -0.880. The summed E-state index contributed by atoms with van der Waals surface area (Å²) >= 11 is 0. The highest BCUT2D eigenvalue weighted by Crippen LogP contribution is 2.79. The third-order valence-corrected chi connectivity index (χ3v) is 14.5. The van der Waals surface area contributed by atoms with Crippen molar-refractivity contribution in [3.05, 3.63) is 24.3 Å². The summed E-state index contributed by atoms with van der Waals surface area (Å²) in [4.78, 5) is 0. The summed E-state index contributed by atoms with van der Waals surface area (Å²) in [6.07, 6.45) is 8.60. The van der Waals surface area contributed by atoms with Gasteiger partial charge in [0.25, 0.3) is 0 Å². The van der Waals surface area contributed by atoms with Gasteiger partial charge in [-0.1, -0.05) is 58.9 Å². The Labute approximate surface area is 275 Å². The number of fused-ring (bicyclic) bond motifs is 2. The Morgan fingerprint density at radius 2 is 1.70 bits per heavy atom. The first-order valence-electron chi connectivity index (χ1n) is 17.7. The first-order chi connectivity index (χ1) is 21.4. The van der Waals surface area contributed by atoms with Crippen LogP contribution in [0.4, 0.5) is 0 Å². The second kappa shape index (κ2) is 11.6. The average Bonchev–Trinajstić information content (AvgIpc) is 3.36. The number of rotatable bonds is 8. The molecule has 4 aliphatic carbocycles. The molecule has 5 fully saturated rings. The highest BCUT2D eigenvalue weighted by Gasteiger charge is 2.78. The zero-order chi connectivity index (χ0) is 33.7. The SMILES string of the molecule is CO[C@@H]1O[C@]23C=C[C@@H]4[C@@]1(CC[C@]1(C)[C@@H]([C@H](C)C/C=C/C(C)(C)O)CC[C@@]41C)C2CC[C@H](O[C@@H]1O[C@H](CO)[C@@H](O)[C@@H](O)[C@H]1O)C3(C)C. The predicted octanol–water partition coefficient (Wildman–Crippen LogP) is 4.09. The summed E-state index contributed by atoms with van der Waals surface area (Å²) in [6.45, 7) is 14.9. The molecule has 2 aliphatic heterocycles. The van der Waals surface area contributed by atoms with E-state index in [1.165, 1.54) is 6.42 Å². The van der Waals surface area contributed by atoms with Gasteiger partial charge in [-0.05, 0) is 87.4 Å². The van der Waals surface area contributed by atoms with Crippen molar-refractivity contribution in [3.63, 3.8) is 0 Å². The van der Waals surface area contributed by atoms with Crippen molar-refractivity contribution in [3.8, 4) is 0 Å². The first kappa shape index (κ1) is 35.0. The van der Waals surface area contributed by atoms with Crippen molar-refractivity contribution in [1.29, 1.82) is 0 Å². The molecule has 5 N–H and O–H groups in total. The van der Waals surface area contributed by atoms with Gasteiger partial charge in [-0.3, -0.25) is 0 Å². The highest BCUT2D eigenvalue weighted by atomic mass is 16.7. The molecule has 2 bridgehead atoms. The van der Waals surface area contributed by atoms with Crippen LogP contribution in [0, 0.1) is 45.3 Å². The second-order valence-electron chi connectivity index (χ2n) is 17.4. The molecule has 3 saturated carbocycles. The third-order valence-electron chi connectivity index (χ3n) is 14.5. The minimum absolute atomic E-state index is 0.0745. The average molecular weight is 649 g/mol. The lowest BCUT2D eigenvalue weighted by Gasteiger charge is -2.65. The summed E-state index contributed by atoms with van der Waals surface area (Å²) in [5, 5.41) is 51.5. The van der Waals surface area contributed by atoms with E-state index < -0.39 is 53.9 Å². The predicted molar refractivity (Wildman–Crippen MR) is 172 cm³/mol. The molecular formula is C37H60O9. The Balaban J connectivity index is 1.30. The van der Waals surface area contributed by atoms with Crippen LogP contribution in [-0.4, -0.2) is 93.6 Å². The molecule has 1 unspecified atom stereocenters. The van der Waals surface area contributed by atoms with E-state index in [2.05, 4.69) is 52.8 Å². The minimum atomic E-state index is -1.49. The van der Waals surface area contributed by atoms with E-state index in [4.69, 9.17) is 18.9 Å². The van der Waals surface area contributed by atoms with Gasteiger partial charge in [0.1, 0.15) is 30.0 Å². The maximum absolute atomic E-state index is 10.8. The fourth-order valence-electron chi connectivity index (χ4n) is 11.8. The van der Waals surface area contributed by atoms with Gasteiger partial charge < -0.3 is 44.5 Å². The van der Waals surface area contributed by atoms with Crippen LogP contribution in [0.1, 0.15) is 93.4 Å². The molecule has 6 rings (SSSR count). The fourth-order valence-corrected chi connectivity index (χ4v) is 11.8. The van der Waals surface area contributed by atoms with Gasteiger partial charge in [-0.25, -0.2) is 0 Å². The number of hydrogen-bond acceptors (Lipinski definition) is 9. The number of allylic oxidation sites excluding steroid dienone is 2. The van der Waals surface area contributed by atoms with Crippen LogP contribution in [0.25, 0.3) is 0 Å². The molecule has 46 heavy (non-hydrogen) atoms. The van der Waals surface area contributed by atoms with Crippen molar-refractivity contribution >= 4 is 0 Å². The summed E-state index contributed by atoms with van der Waals surface area (Å²) < 4.78 is 25.7. The molecule has 9 heteroatoms. The smallest absolute Gasteiger partial charge is 0.186 e. The van der Waals surface area contributed by atoms with E-state index >= 15 is 0 Å². The number of aliphatic hydroxyl groups is 5. The van der Waals surface area contributed by atoms with E-state index in [-0.39, 0.29) is 34.6 Å². The van der Waals surface area contributed by atoms with E-state index in [0.717, 1.165) is 38.5 Å².